The molecule has 4 heteroatoms. The first kappa shape index (κ1) is 12.2. The quantitative estimate of drug-likeness (QED) is 0.687. The molecule has 0 aliphatic carbocycles. The minimum atomic E-state index is 0.197. The highest BCUT2D eigenvalue weighted by molar-refractivity contribution is 5.42. The number of ether oxygens (including phenoxy) is 2. The average molecular weight is 222 g/mol. The van der Waals surface area contributed by atoms with Gasteiger partial charge >= 0.3 is 0 Å². The lowest BCUT2D eigenvalue weighted by molar-refractivity contribution is -0.131. The fraction of sp³-hybridized carbons (Fsp3) is 0.333. The van der Waals surface area contributed by atoms with Gasteiger partial charge in [-0.3, -0.25) is 9.59 Å². The summed E-state index contributed by atoms with van der Waals surface area (Å²) in [4.78, 5) is 20.3. The smallest absolute Gasteiger partial charge is 0.293 e. The van der Waals surface area contributed by atoms with Crippen LogP contribution in [-0.2, 0) is 32.3 Å². The molecular weight excluding hydrogens is 208 g/mol. The molecule has 0 saturated carbocycles. The summed E-state index contributed by atoms with van der Waals surface area (Å²) >= 11 is 0. The summed E-state index contributed by atoms with van der Waals surface area (Å²) in [6, 6.07) is 3.87. The summed E-state index contributed by atoms with van der Waals surface area (Å²) < 4.78 is 9.42. The Morgan fingerprint density at radius 3 is 1.62 bits per heavy atom. The zero-order chi connectivity index (χ0) is 12.0. The van der Waals surface area contributed by atoms with Crippen LogP contribution < -0.4 is 0 Å². The fourth-order valence-corrected chi connectivity index (χ4v) is 1.45. The third kappa shape index (κ3) is 3.08. The van der Waals surface area contributed by atoms with Crippen molar-refractivity contribution in [1.82, 2.24) is 0 Å². The van der Waals surface area contributed by atoms with Crippen LogP contribution in [0.1, 0.15) is 22.3 Å². The molecule has 0 aliphatic rings. The van der Waals surface area contributed by atoms with E-state index in [-0.39, 0.29) is 13.2 Å². The van der Waals surface area contributed by atoms with Crippen LogP contribution in [0.2, 0.25) is 0 Å². The molecule has 0 unspecified atom stereocenters. The van der Waals surface area contributed by atoms with Gasteiger partial charge < -0.3 is 9.47 Å². The number of hydrogen-bond donors (Lipinski definition) is 0. The van der Waals surface area contributed by atoms with E-state index in [4.69, 9.17) is 9.47 Å². The van der Waals surface area contributed by atoms with Crippen LogP contribution >= 0.6 is 0 Å². The van der Waals surface area contributed by atoms with Crippen molar-refractivity contribution < 1.29 is 19.1 Å². The molecule has 16 heavy (non-hydrogen) atoms. The van der Waals surface area contributed by atoms with E-state index in [0.29, 0.717) is 12.9 Å². The van der Waals surface area contributed by atoms with E-state index in [1.807, 2.05) is 26.0 Å². The summed E-state index contributed by atoms with van der Waals surface area (Å²) in [5.41, 5.74) is 3.94. The molecule has 0 spiro atoms. The highest BCUT2D eigenvalue weighted by Crippen LogP contribution is 2.17. The number of aryl methyl sites for hydroxylation is 2. The third-order valence-electron chi connectivity index (χ3n) is 2.43. The maximum absolute atomic E-state index is 10.1. The molecule has 0 amide bonds. The minimum Gasteiger partial charge on any atom is -0.463 e. The van der Waals surface area contributed by atoms with Crippen LogP contribution in [0.3, 0.4) is 0 Å². The molecule has 0 N–H and O–H groups in total. The summed E-state index contributed by atoms with van der Waals surface area (Å²) in [5, 5.41) is 0. The van der Waals surface area contributed by atoms with E-state index in [0.717, 1.165) is 22.3 Å². The van der Waals surface area contributed by atoms with Crippen LogP contribution in [0.15, 0.2) is 12.1 Å². The highest BCUT2D eigenvalue weighted by atomic mass is 16.5. The average Bonchev–Trinajstić information content (AvgIpc) is 2.28. The molecule has 0 aromatic heterocycles. The second-order valence-corrected chi connectivity index (χ2v) is 3.52. The van der Waals surface area contributed by atoms with Gasteiger partial charge in [-0.05, 0) is 36.1 Å². The Balaban J connectivity index is 2.95. The van der Waals surface area contributed by atoms with E-state index in [1.54, 1.807) is 0 Å². The molecule has 0 atom stereocenters. The van der Waals surface area contributed by atoms with Crippen molar-refractivity contribution in [3.63, 3.8) is 0 Å². The molecule has 0 bridgehead atoms. The molecule has 1 aromatic carbocycles. The first-order valence-electron chi connectivity index (χ1n) is 4.88. The topological polar surface area (TPSA) is 52.6 Å². The van der Waals surface area contributed by atoms with Crippen molar-refractivity contribution in [1.29, 1.82) is 0 Å². The maximum atomic E-state index is 10.1. The third-order valence-corrected chi connectivity index (χ3v) is 2.43. The second-order valence-electron chi connectivity index (χ2n) is 3.52. The molecule has 0 aliphatic heterocycles. The van der Waals surface area contributed by atoms with Crippen LogP contribution in [0.25, 0.3) is 0 Å². The summed E-state index contributed by atoms with van der Waals surface area (Å²) in [5.74, 6) is 0. The number of carbonyl (C=O) groups is 2. The van der Waals surface area contributed by atoms with E-state index in [2.05, 4.69) is 0 Å². The molecule has 0 radical (unpaired) electrons. The standard InChI is InChI=1S/C12H14O4/c1-9-3-11(5-15-7-13)12(4-10(9)2)6-16-8-14/h3-4,7-8H,5-6H2,1-2H3. The van der Waals surface area contributed by atoms with Gasteiger partial charge in [0.2, 0.25) is 0 Å². The fourth-order valence-electron chi connectivity index (χ4n) is 1.45. The second kappa shape index (κ2) is 5.90. The molecule has 1 aromatic rings. The Kier molecular flexibility index (Phi) is 4.51. The Bertz CT molecular complexity index is 348. The molecule has 1 rings (SSSR count). The summed E-state index contributed by atoms with van der Waals surface area (Å²) in [6.07, 6.45) is 0. The number of benzene rings is 1. The first-order chi connectivity index (χ1) is 7.69. The zero-order valence-corrected chi connectivity index (χ0v) is 9.36. The van der Waals surface area contributed by atoms with Crippen molar-refractivity contribution in [3.8, 4) is 0 Å². The number of carbonyl (C=O) groups excluding carboxylic acids is 2. The van der Waals surface area contributed by atoms with Gasteiger partial charge in [-0.1, -0.05) is 12.1 Å². The Hall–Kier alpha value is -1.84. The van der Waals surface area contributed by atoms with E-state index in [1.165, 1.54) is 0 Å². The van der Waals surface area contributed by atoms with Crippen LogP contribution in [0.5, 0.6) is 0 Å². The lowest BCUT2D eigenvalue weighted by Crippen LogP contribution is -2.01. The van der Waals surface area contributed by atoms with E-state index >= 15 is 0 Å². The Labute approximate surface area is 94.2 Å². The Morgan fingerprint density at radius 2 is 1.31 bits per heavy atom. The molecule has 86 valence electrons. The molecular formula is C12H14O4. The Morgan fingerprint density at radius 1 is 0.938 bits per heavy atom. The van der Waals surface area contributed by atoms with Gasteiger partial charge in [-0.25, -0.2) is 0 Å². The lowest BCUT2D eigenvalue weighted by Gasteiger charge is -2.11. The predicted molar refractivity (Wildman–Crippen MR) is 57.6 cm³/mol. The number of hydrogen-bond acceptors (Lipinski definition) is 4. The van der Waals surface area contributed by atoms with Crippen molar-refractivity contribution in [2.75, 3.05) is 0 Å². The van der Waals surface area contributed by atoms with E-state index < -0.39 is 0 Å². The van der Waals surface area contributed by atoms with Crippen molar-refractivity contribution in [3.05, 3.63) is 34.4 Å². The number of rotatable bonds is 6. The summed E-state index contributed by atoms with van der Waals surface area (Å²) in [7, 11) is 0. The zero-order valence-electron chi connectivity index (χ0n) is 9.36. The molecule has 0 saturated heterocycles. The molecule has 0 heterocycles. The van der Waals surface area contributed by atoms with E-state index in [9.17, 15) is 9.59 Å². The first-order valence-corrected chi connectivity index (χ1v) is 4.88. The monoisotopic (exact) mass is 222 g/mol. The van der Waals surface area contributed by atoms with Gasteiger partial charge in [0.1, 0.15) is 13.2 Å². The highest BCUT2D eigenvalue weighted by Gasteiger charge is 2.06. The predicted octanol–water partition coefficient (Wildman–Crippen LogP) is 1.65. The SMILES string of the molecule is Cc1cc(COC=O)c(COC=O)cc1C. The molecule has 0 fully saturated rings. The van der Waals surface area contributed by atoms with Crippen LogP contribution in [0, 0.1) is 13.8 Å². The van der Waals surface area contributed by atoms with Crippen molar-refractivity contribution >= 4 is 12.9 Å². The van der Waals surface area contributed by atoms with Gasteiger partial charge in [-0.15, -0.1) is 0 Å². The van der Waals surface area contributed by atoms with Crippen LogP contribution in [-0.4, -0.2) is 12.9 Å². The molecule has 4 nitrogen and oxygen atoms in total. The normalized spacial score (nSPS) is 9.62. The van der Waals surface area contributed by atoms with Gasteiger partial charge in [0, 0.05) is 0 Å². The maximum Gasteiger partial charge on any atom is 0.293 e. The minimum absolute atomic E-state index is 0.197. The largest absolute Gasteiger partial charge is 0.463 e. The van der Waals surface area contributed by atoms with Gasteiger partial charge in [-0.2, -0.15) is 0 Å². The van der Waals surface area contributed by atoms with Crippen molar-refractivity contribution in [2.24, 2.45) is 0 Å². The van der Waals surface area contributed by atoms with Gasteiger partial charge in [0.25, 0.3) is 12.9 Å². The summed E-state index contributed by atoms with van der Waals surface area (Å²) in [6.45, 7) is 5.15. The van der Waals surface area contributed by atoms with Crippen molar-refractivity contribution in [2.45, 2.75) is 27.1 Å². The van der Waals surface area contributed by atoms with Crippen LogP contribution in [0.4, 0.5) is 0 Å². The lowest BCUT2D eigenvalue weighted by atomic mass is 10.0. The van der Waals surface area contributed by atoms with Gasteiger partial charge in [0.15, 0.2) is 0 Å². The van der Waals surface area contributed by atoms with Gasteiger partial charge in [0.05, 0.1) is 0 Å².